The third-order valence-electron chi connectivity index (χ3n) is 3.83. The van der Waals surface area contributed by atoms with Crippen molar-refractivity contribution in [2.24, 2.45) is 0 Å². The summed E-state index contributed by atoms with van der Waals surface area (Å²) in [7, 11) is 0. The van der Waals surface area contributed by atoms with Crippen molar-refractivity contribution in [3.05, 3.63) is 47.3 Å². The van der Waals surface area contributed by atoms with Crippen molar-refractivity contribution in [3.8, 4) is 17.1 Å². The Kier molecular flexibility index (Phi) is 2.87. The van der Waals surface area contributed by atoms with E-state index in [1.54, 1.807) is 11.0 Å². The molecule has 1 aliphatic heterocycles. The lowest BCUT2D eigenvalue weighted by Crippen LogP contribution is -2.10. The second-order valence-corrected chi connectivity index (χ2v) is 5.53. The number of carbonyl (C=O) groups is 1. The highest BCUT2D eigenvalue weighted by Gasteiger charge is 2.25. The molecule has 0 amide bonds. The van der Waals surface area contributed by atoms with Gasteiger partial charge in [-0.3, -0.25) is 9.36 Å². The van der Waals surface area contributed by atoms with E-state index < -0.39 is 0 Å². The second kappa shape index (κ2) is 4.78. The molecule has 1 aliphatic rings. The number of halogens is 1. The zero-order valence-corrected chi connectivity index (χ0v) is 12.6. The van der Waals surface area contributed by atoms with Crippen LogP contribution in [0.3, 0.4) is 0 Å². The van der Waals surface area contributed by atoms with Gasteiger partial charge in [-0.25, -0.2) is 14.6 Å². The van der Waals surface area contributed by atoms with Gasteiger partial charge in [0.15, 0.2) is 11.6 Å². The summed E-state index contributed by atoms with van der Waals surface area (Å²) in [6.45, 7) is 2.28. The summed E-state index contributed by atoms with van der Waals surface area (Å²) in [5, 5.41) is 4.89. The predicted octanol–water partition coefficient (Wildman–Crippen LogP) is 2.74. The third kappa shape index (κ3) is 1.80. The van der Waals surface area contributed by atoms with Gasteiger partial charge in [0.1, 0.15) is 18.3 Å². The number of fused-ring (bicyclic) bond motifs is 5. The van der Waals surface area contributed by atoms with E-state index in [0.29, 0.717) is 23.7 Å². The van der Waals surface area contributed by atoms with E-state index in [4.69, 9.17) is 11.6 Å². The maximum atomic E-state index is 12.1. The molecule has 0 saturated heterocycles. The SMILES string of the molecule is CCC(=O)c1ncn2c1Cn1ncnc1-c1cc(Cl)ccc1-2. The Hall–Kier alpha value is -2.47. The number of hydrogen-bond donors (Lipinski definition) is 0. The first-order valence-electron chi connectivity index (χ1n) is 6.96. The van der Waals surface area contributed by atoms with Crippen LogP contribution in [-0.4, -0.2) is 30.1 Å². The quantitative estimate of drug-likeness (QED) is 0.534. The topological polar surface area (TPSA) is 65.6 Å². The molecule has 0 unspecified atom stereocenters. The lowest BCUT2D eigenvalue weighted by atomic mass is 10.1. The van der Waals surface area contributed by atoms with Crippen LogP contribution < -0.4 is 0 Å². The van der Waals surface area contributed by atoms with Crippen LogP contribution in [0.5, 0.6) is 0 Å². The number of hydrogen-bond acceptors (Lipinski definition) is 4. The molecule has 0 radical (unpaired) electrons. The van der Waals surface area contributed by atoms with E-state index in [2.05, 4.69) is 15.1 Å². The fourth-order valence-corrected chi connectivity index (χ4v) is 2.93. The molecule has 6 nitrogen and oxygen atoms in total. The minimum atomic E-state index is 0.0211. The van der Waals surface area contributed by atoms with Crippen LogP contribution in [0.15, 0.2) is 30.9 Å². The number of ketones is 1. The van der Waals surface area contributed by atoms with Gasteiger partial charge >= 0.3 is 0 Å². The average Bonchev–Trinajstić information content (AvgIpc) is 3.12. The average molecular weight is 314 g/mol. The fraction of sp³-hybridized carbons (Fsp3) is 0.200. The number of aromatic nitrogens is 5. The molecule has 3 heterocycles. The van der Waals surface area contributed by atoms with Gasteiger partial charge in [-0.2, -0.15) is 5.10 Å². The molecule has 4 rings (SSSR count). The van der Waals surface area contributed by atoms with Crippen LogP contribution in [0.2, 0.25) is 5.02 Å². The number of rotatable bonds is 2. The molecule has 7 heteroatoms. The summed E-state index contributed by atoms with van der Waals surface area (Å²) >= 11 is 6.13. The van der Waals surface area contributed by atoms with E-state index in [-0.39, 0.29) is 5.78 Å². The van der Waals surface area contributed by atoms with Gasteiger partial charge in [-0.05, 0) is 18.2 Å². The van der Waals surface area contributed by atoms with Gasteiger partial charge < -0.3 is 0 Å². The van der Waals surface area contributed by atoms with Gasteiger partial charge in [0.2, 0.25) is 0 Å². The van der Waals surface area contributed by atoms with E-state index >= 15 is 0 Å². The highest BCUT2D eigenvalue weighted by molar-refractivity contribution is 6.31. The number of benzene rings is 1. The van der Waals surface area contributed by atoms with E-state index in [0.717, 1.165) is 22.8 Å². The summed E-state index contributed by atoms with van der Waals surface area (Å²) in [6, 6.07) is 5.58. The van der Waals surface area contributed by atoms with Crippen molar-refractivity contribution >= 4 is 17.4 Å². The van der Waals surface area contributed by atoms with Crippen LogP contribution in [0, 0.1) is 0 Å². The van der Waals surface area contributed by atoms with Crippen molar-refractivity contribution in [1.29, 1.82) is 0 Å². The van der Waals surface area contributed by atoms with E-state index in [9.17, 15) is 4.79 Å². The minimum absolute atomic E-state index is 0.0211. The van der Waals surface area contributed by atoms with Crippen molar-refractivity contribution in [3.63, 3.8) is 0 Å². The summed E-state index contributed by atoms with van der Waals surface area (Å²) in [5.74, 6) is 0.754. The molecule has 0 fully saturated rings. The lowest BCUT2D eigenvalue weighted by Gasteiger charge is -2.08. The highest BCUT2D eigenvalue weighted by Crippen LogP contribution is 2.33. The van der Waals surface area contributed by atoms with Crippen molar-refractivity contribution < 1.29 is 4.79 Å². The van der Waals surface area contributed by atoms with Gasteiger partial charge in [0.05, 0.1) is 17.9 Å². The van der Waals surface area contributed by atoms with Crippen LogP contribution >= 0.6 is 11.6 Å². The molecule has 0 aliphatic carbocycles. The lowest BCUT2D eigenvalue weighted by molar-refractivity contribution is 0.0982. The maximum absolute atomic E-state index is 12.1. The Morgan fingerprint density at radius 2 is 2.23 bits per heavy atom. The summed E-state index contributed by atoms with van der Waals surface area (Å²) in [6.07, 6.45) is 3.60. The van der Waals surface area contributed by atoms with Crippen LogP contribution in [0.1, 0.15) is 29.5 Å². The molecule has 22 heavy (non-hydrogen) atoms. The van der Waals surface area contributed by atoms with Crippen LogP contribution in [0.25, 0.3) is 17.1 Å². The van der Waals surface area contributed by atoms with Gasteiger partial charge in [-0.15, -0.1) is 0 Å². The molecule has 3 aromatic rings. The Bertz CT molecular complexity index is 895. The highest BCUT2D eigenvalue weighted by atomic mass is 35.5. The summed E-state index contributed by atoms with van der Waals surface area (Å²) in [4.78, 5) is 20.8. The molecule has 1 aromatic carbocycles. The predicted molar refractivity (Wildman–Crippen MR) is 81.3 cm³/mol. The Labute approximate surface area is 131 Å². The molecule has 110 valence electrons. The third-order valence-corrected chi connectivity index (χ3v) is 4.06. The molecule has 0 spiro atoms. The summed E-state index contributed by atoms with van der Waals surface area (Å²) in [5.41, 5.74) is 3.08. The largest absolute Gasteiger partial charge is 0.300 e. The van der Waals surface area contributed by atoms with Crippen LogP contribution in [-0.2, 0) is 6.54 Å². The Morgan fingerprint density at radius 1 is 1.36 bits per heavy atom. The van der Waals surface area contributed by atoms with Gasteiger partial charge in [-0.1, -0.05) is 18.5 Å². The molecule has 0 saturated carbocycles. The van der Waals surface area contributed by atoms with Crippen molar-refractivity contribution in [1.82, 2.24) is 24.3 Å². The van der Waals surface area contributed by atoms with Gasteiger partial charge in [0.25, 0.3) is 0 Å². The number of imidazole rings is 1. The zero-order valence-electron chi connectivity index (χ0n) is 11.8. The van der Waals surface area contributed by atoms with Crippen molar-refractivity contribution in [2.45, 2.75) is 19.9 Å². The first-order chi connectivity index (χ1) is 10.7. The number of nitrogens with zero attached hydrogens (tertiary/aromatic N) is 5. The second-order valence-electron chi connectivity index (χ2n) is 5.09. The summed E-state index contributed by atoms with van der Waals surface area (Å²) < 4.78 is 3.69. The van der Waals surface area contributed by atoms with Gasteiger partial charge in [0, 0.05) is 17.0 Å². The van der Waals surface area contributed by atoms with E-state index in [1.807, 2.05) is 29.7 Å². The zero-order chi connectivity index (χ0) is 15.3. The molecule has 0 N–H and O–H groups in total. The fourth-order valence-electron chi connectivity index (χ4n) is 2.76. The molecule has 0 atom stereocenters. The minimum Gasteiger partial charge on any atom is -0.300 e. The molecular weight excluding hydrogens is 302 g/mol. The first kappa shape index (κ1) is 13.2. The molecule has 2 aromatic heterocycles. The maximum Gasteiger partial charge on any atom is 0.182 e. The standard InChI is InChI=1S/C15H12ClN5O/c1-2-13(22)14-12-6-21-15(17-7-19-21)10-5-9(16)3-4-11(10)20(12)8-18-14/h3-5,7-8H,2,6H2,1H3. The Balaban J connectivity index is 2.04. The first-order valence-corrected chi connectivity index (χ1v) is 7.34. The smallest absolute Gasteiger partial charge is 0.182 e. The van der Waals surface area contributed by atoms with Crippen LogP contribution in [0.4, 0.5) is 0 Å². The number of Topliss-reactive ketones (excluding diaryl/α,β-unsaturated/α-hetero) is 1. The normalized spacial score (nSPS) is 12.3. The van der Waals surface area contributed by atoms with E-state index in [1.165, 1.54) is 6.33 Å². The monoisotopic (exact) mass is 313 g/mol. The van der Waals surface area contributed by atoms with Crippen molar-refractivity contribution in [2.75, 3.05) is 0 Å². The Morgan fingerprint density at radius 3 is 3.05 bits per heavy atom. The molecular formula is C15H12ClN5O. The molecule has 0 bridgehead atoms. The number of carbonyl (C=O) groups excluding carboxylic acids is 1.